The fraction of sp³-hybridized carbons (Fsp3) is 0.556. The van der Waals surface area contributed by atoms with Gasteiger partial charge in [0.25, 0.3) is 6.47 Å². The Balaban J connectivity index is 1.37. The van der Waals surface area contributed by atoms with Gasteiger partial charge in [0.05, 0.1) is 18.2 Å². The minimum atomic E-state index is -0.595. The number of carbonyl (C=O) groups excluding carboxylic acids is 2. The molecule has 0 unspecified atom stereocenters. The highest BCUT2D eigenvalue weighted by molar-refractivity contribution is 6.31. The van der Waals surface area contributed by atoms with Crippen molar-refractivity contribution < 1.29 is 19.1 Å². The van der Waals surface area contributed by atoms with Gasteiger partial charge in [-0.05, 0) is 37.0 Å². The van der Waals surface area contributed by atoms with E-state index in [-0.39, 0.29) is 24.5 Å². The van der Waals surface area contributed by atoms with Crippen molar-refractivity contribution in [1.29, 1.82) is 0 Å². The van der Waals surface area contributed by atoms with Crippen molar-refractivity contribution >= 4 is 24.0 Å². The van der Waals surface area contributed by atoms with Crippen molar-refractivity contribution in [2.24, 2.45) is 11.7 Å². The van der Waals surface area contributed by atoms with Crippen LogP contribution < -0.4 is 5.73 Å². The number of aryl methyl sites for hydroxylation is 1. The van der Waals surface area contributed by atoms with Gasteiger partial charge in [-0.2, -0.15) is 0 Å². The van der Waals surface area contributed by atoms with Gasteiger partial charge in [0.1, 0.15) is 6.61 Å². The maximum Gasteiger partial charge on any atom is 0.293 e. The molecule has 0 atom stereocenters. The van der Waals surface area contributed by atoms with Crippen LogP contribution in [0.1, 0.15) is 24.0 Å². The van der Waals surface area contributed by atoms with E-state index in [1.54, 1.807) is 4.90 Å². The Morgan fingerprint density at radius 1 is 1.44 bits per heavy atom. The number of rotatable bonds is 7. The van der Waals surface area contributed by atoms with E-state index in [0.29, 0.717) is 26.2 Å². The molecule has 0 aromatic heterocycles. The normalized spacial score (nSPS) is 24.2. The molecule has 1 aliphatic carbocycles. The molecule has 136 valence electrons. The molecule has 1 aliphatic heterocycles. The molecule has 1 aromatic carbocycles. The fourth-order valence-corrected chi connectivity index (χ4v) is 3.45. The number of hydrogen-bond acceptors (Lipinski definition) is 5. The van der Waals surface area contributed by atoms with Crippen LogP contribution in [0.4, 0.5) is 0 Å². The number of amides is 1. The predicted octanol–water partition coefficient (Wildman–Crippen LogP) is 1.66. The summed E-state index contributed by atoms with van der Waals surface area (Å²) < 4.78 is 10.6. The molecule has 7 heteroatoms. The summed E-state index contributed by atoms with van der Waals surface area (Å²) in [5.41, 5.74) is 7.55. The summed E-state index contributed by atoms with van der Waals surface area (Å²) in [5, 5.41) is 0.752. The van der Waals surface area contributed by atoms with Crippen molar-refractivity contribution in [2.75, 3.05) is 19.7 Å². The number of halogens is 1. The van der Waals surface area contributed by atoms with E-state index in [1.165, 1.54) is 0 Å². The minimum Gasteiger partial charge on any atom is -0.466 e. The van der Waals surface area contributed by atoms with E-state index < -0.39 is 5.54 Å². The standard InChI is InChI=1S/C18H23ClN2O4/c1-12-4-13(2-3-16(12)19)7-25-15-5-14(6-15)17(23)21-8-18(20,9-21)10-24-11-22/h2-4,11,14-15H,5-10,20H2,1H3/t14-,15-. The van der Waals surface area contributed by atoms with Crippen LogP contribution in [0.5, 0.6) is 0 Å². The Labute approximate surface area is 152 Å². The van der Waals surface area contributed by atoms with Crippen molar-refractivity contribution in [1.82, 2.24) is 4.90 Å². The lowest BCUT2D eigenvalue weighted by Gasteiger charge is -2.49. The van der Waals surface area contributed by atoms with Gasteiger partial charge >= 0.3 is 0 Å². The molecule has 25 heavy (non-hydrogen) atoms. The zero-order valence-corrected chi connectivity index (χ0v) is 15.0. The molecule has 6 nitrogen and oxygen atoms in total. The Morgan fingerprint density at radius 3 is 2.80 bits per heavy atom. The molecule has 2 N–H and O–H groups in total. The van der Waals surface area contributed by atoms with E-state index in [4.69, 9.17) is 26.8 Å². The average Bonchev–Trinajstić information content (AvgIpc) is 2.51. The van der Waals surface area contributed by atoms with Gasteiger partial charge in [-0.15, -0.1) is 0 Å². The third kappa shape index (κ3) is 4.14. The Kier molecular flexibility index (Phi) is 5.32. The van der Waals surface area contributed by atoms with Crippen molar-refractivity contribution in [3.8, 4) is 0 Å². The molecule has 1 heterocycles. The largest absolute Gasteiger partial charge is 0.466 e. The van der Waals surface area contributed by atoms with E-state index in [2.05, 4.69) is 0 Å². The van der Waals surface area contributed by atoms with Crippen LogP contribution in [-0.2, 0) is 25.7 Å². The van der Waals surface area contributed by atoms with Gasteiger partial charge in [0.15, 0.2) is 0 Å². The summed E-state index contributed by atoms with van der Waals surface area (Å²) in [5.74, 6) is 0.128. The van der Waals surface area contributed by atoms with Crippen LogP contribution in [0, 0.1) is 12.8 Å². The summed E-state index contributed by atoms with van der Waals surface area (Å²) in [6.45, 7) is 3.90. The summed E-state index contributed by atoms with van der Waals surface area (Å²) in [4.78, 5) is 24.3. The first-order valence-electron chi connectivity index (χ1n) is 8.40. The van der Waals surface area contributed by atoms with Crippen LogP contribution >= 0.6 is 11.6 Å². The quantitative estimate of drug-likeness (QED) is 0.742. The summed E-state index contributed by atoms with van der Waals surface area (Å²) >= 11 is 6.02. The summed E-state index contributed by atoms with van der Waals surface area (Å²) in [6, 6.07) is 5.85. The smallest absolute Gasteiger partial charge is 0.293 e. The zero-order chi connectivity index (χ0) is 18.0. The third-order valence-electron chi connectivity index (χ3n) is 4.91. The number of nitrogens with zero attached hydrogens (tertiary/aromatic N) is 1. The van der Waals surface area contributed by atoms with Crippen molar-refractivity contribution in [3.63, 3.8) is 0 Å². The molecule has 1 saturated carbocycles. The molecule has 0 bridgehead atoms. The summed E-state index contributed by atoms with van der Waals surface area (Å²) in [7, 11) is 0. The topological polar surface area (TPSA) is 81.9 Å². The monoisotopic (exact) mass is 366 g/mol. The van der Waals surface area contributed by atoms with E-state index in [0.717, 1.165) is 29.0 Å². The summed E-state index contributed by atoms with van der Waals surface area (Å²) in [6.07, 6.45) is 1.60. The highest BCUT2D eigenvalue weighted by atomic mass is 35.5. The maximum absolute atomic E-state index is 12.4. The van der Waals surface area contributed by atoms with E-state index in [9.17, 15) is 9.59 Å². The Morgan fingerprint density at radius 2 is 2.16 bits per heavy atom. The molecule has 1 amide bonds. The van der Waals surface area contributed by atoms with E-state index in [1.807, 2.05) is 25.1 Å². The molecule has 0 spiro atoms. The molecule has 2 aliphatic rings. The van der Waals surface area contributed by atoms with Crippen LogP contribution in [0.2, 0.25) is 5.02 Å². The number of carbonyl (C=O) groups is 2. The first-order valence-corrected chi connectivity index (χ1v) is 8.77. The third-order valence-corrected chi connectivity index (χ3v) is 5.34. The van der Waals surface area contributed by atoms with Gasteiger partial charge < -0.3 is 20.1 Å². The number of likely N-dealkylation sites (tertiary alicyclic amines) is 1. The second-order valence-electron chi connectivity index (χ2n) is 7.15. The van der Waals surface area contributed by atoms with Gasteiger partial charge in [0, 0.05) is 24.0 Å². The number of ether oxygens (including phenoxy) is 2. The lowest BCUT2D eigenvalue weighted by atomic mass is 9.79. The highest BCUT2D eigenvalue weighted by Crippen LogP contribution is 2.34. The molecule has 1 saturated heterocycles. The van der Waals surface area contributed by atoms with E-state index >= 15 is 0 Å². The van der Waals surface area contributed by atoms with Crippen molar-refractivity contribution in [3.05, 3.63) is 34.3 Å². The molecule has 0 radical (unpaired) electrons. The fourth-order valence-electron chi connectivity index (χ4n) is 3.33. The minimum absolute atomic E-state index is 0.00786. The lowest BCUT2D eigenvalue weighted by Crippen LogP contribution is -2.71. The van der Waals surface area contributed by atoms with Crippen LogP contribution in [0.25, 0.3) is 0 Å². The average molecular weight is 367 g/mol. The van der Waals surface area contributed by atoms with Gasteiger partial charge in [-0.25, -0.2) is 0 Å². The SMILES string of the molecule is Cc1cc(CO[C@H]2C[C@H](C(=O)N3CC(N)(COC=O)C3)C2)ccc1Cl. The Bertz CT molecular complexity index is 654. The van der Waals surface area contributed by atoms with Gasteiger partial charge in [-0.3, -0.25) is 9.59 Å². The van der Waals surface area contributed by atoms with Crippen LogP contribution in [-0.4, -0.2) is 48.6 Å². The zero-order valence-electron chi connectivity index (χ0n) is 14.2. The van der Waals surface area contributed by atoms with Crippen LogP contribution in [0.3, 0.4) is 0 Å². The number of hydrogen-bond donors (Lipinski definition) is 1. The number of benzene rings is 1. The highest BCUT2D eigenvalue weighted by Gasteiger charge is 2.47. The number of nitrogens with two attached hydrogens (primary N) is 1. The first kappa shape index (κ1) is 18.2. The van der Waals surface area contributed by atoms with Crippen molar-refractivity contribution in [2.45, 2.75) is 38.0 Å². The maximum atomic E-state index is 12.4. The first-order chi connectivity index (χ1) is 11.9. The lowest BCUT2D eigenvalue weighted by molar-refractivity contribution is -0.155. The second kappa shape index (κ2) is 7.32. The molecule has 1 aromatic rings. The molecule has 3 rings (SSSR count). The second-order valence-corrected chi connectivity index (χ2v) is 7.56. The predicted molar refractivity (Wildman–Crippen MR) is 93.0 cm³/mol. The Hall–Kier alpha value is -1.63. The van der Waals surface area contributed by atoms with Crippen LogP contribution in [0.15, 0.2) is 18.2 Å². The molecular weight excluding hydrogens is 344 g/mol. The molecular formula is C18H23ClN2O4. The van der Waals surface area contributed by atoms with Gasteiger partial charge in [-0.1, -0.05) is 23.7 Å². The molecule has 2 fully saturated rings. The van der Waals surface area contributed by atoms with Gasteiger partial charge in [0.2, 0.25) is 5.91 Å².